The van der Waals surface area contributed by atoms with E-state index in [-0.39, 0.29) is 72.3 Å². The molecule has 4 heterocycles. The Bertz CT molecular complexity index is 1190. The SMILES string of the molecule is CO[C@@H]1[C@H](OC(=O)N2CC3CC2CN3C(=O)[C@H](C)NC(=O)CCC(=O)C(C)(C)C)CC[C@]2(CO2)[C@H]1[C@@]1(C)O[C@@H]1CC=C(C)C. The van der Waals surface area contributed by atoms with Crippen molar-refractivity contribution in [2.75, 3.05) is 26.8 Å². The van der Waals surface area contributed by atoms with Gasteiger partial charge in [-0.25, -0.2) is 4.79 Å². The van der Waals surface area contributed by atoms with Gasteiger partial charge in [-0.1, -0.05) is 32.4 Å². The van der Waals surface area contributed by atoms with Crippen LogP contribution in [0.4, 0.5) is 4.79 Å². The minimum absolute atomic E-state index is 0.00939. The lowest BCUT2D eigenvalue weighted by Crippen LogP contribution is -2.58. The van der Waals surface area contributed by atoms with Gasteiger partial charge in [0.2, 0.25) is 11.8 Å². The first kappa shape index (κ1) is 32.9. The number of hydrogen-bond donors (Lipinski definition) is 1. The molecule has 4 saturated heterocycles. The monoisotopic (exact) mass is 617 g/mol. The van der Waals surface area contributed by atoms with E-state index in [0.717, 1.165) is 12.8 Å². The summed E-state index contributed by atoms with van der Waals surface area (Å²) in [5.74, 6) is -0.530. The maximum atomic E-state index is 13.5. The number of Topliss-reactive ketones (excluding diaryl/α,β-unsaturated/α-hetero) is 1. The Morgan fingerprint density at radius 2 is 1.75 bits per heavy atom. The van der Waals surface area contributed by atoms with Gasteiger partial charge >= 0.3 is 6.09 Å². The molecule has 1 saturated carbocycles. The van der Waals surface area contributed by atoms with Crippen LogP contribution in [0.2, 0.25) is 0 Å². The van der Waals surface area contributed by atoms with Crippen LogP contribution in [0, 0.1) is 11.3 Å². The predicted octanol–water partition coefficient (Wildman–Crippen LogP) is 3.38. The molecular weight excluding hydrogens is 566 g/mol. The van der Waals surface area contributed by atoms with Gasteiger partial charge in [0.15, 0.2) is 0 Å². The molecule has 3 amide bonds. The van der Waals surface area contributed by atoms with Crippen LogP contribution >= 0.6 is 0 Å². The van der Waals surface area contributed by atoms with Gasteiger partial charge in [-0.15, -0.1) is 0 Å². The quantitative estimate of drug-likeness (QED) is 0.292. The highest BCUT2D eigenvalue weighted by Gasteiger charge is 2.72. The number of methoxy groups -OCH3 is 1. The van der Waals surface area contributed by atoms with E-state index in [9.17, 15) is 19.2 Å². The number of nitrogens with zero attached hydrogens (tertiary/aromatic N) is 2. The van der Waals surface area contributed by atoms with Crippen LogP contribution in [0.3, 0.4) is 0 Å². The van der Waals surface area contributed by atoms with Gasteiger partial charge in [-0.05, 0) is 53.4 Å². The minimum Gasteiger partial charge on any atom is -0.443 e. The van der Waals surface area contributed by atoms with Gasteiger partial charge in [-0.3, -0.25) is 14.4 Å². The molecule has 5 rings (SSSR count). The summed E-state index contributed by atoms with van der Waals surface area (Å²) < 4.78 is 24.5. The third-order valence-corrected chi connectivity index (χ3v) is 10.4. The second-order valence-electron chi connectivity index (χ2n) is 14.9. The number of carbonyl (C=O) groups is 4. The molecule has 0 aromatic rings. The normalized spacial score (nSPS) is 36.2. The van der Waals surface area contributed by atoms with E-state index >= 15 is 0 Å². The van der Waals surface area contributed by atoms with Crippen molar-refractivity contribution in [1.82, 2.24) is 15.1 Å². The Morgan fingerprint density at radius 1 is 1.09 bits per heavy atom. The first-order valence-corrected chi connectivity index (χ1v) is 16.2. The third-order valence-electron chi connectivity index (χ3n) is 10.4. The highest BCUT2D eigenvalue weighted by Crippen LogP contribution is 2.59. The van der Waals surface area contributed by atoms with Crippen LogP contribution < -0.4 is 5.32 Å². The average molecular weight is 618 g/mol. The zero-order valence-electron chi connectivity index (χ0n) is 27.6. The van der Waals surface area contributed by atoms with E-state index in [2.05, 4.69) is 32.2 Å². The number of carbonyl (C=O) groups excluding carboxylic acids is 4. The fourth-order valence-electron chi connectivity index (χ4n) is 7.65. The Morgan fingerprint density at radius 3 is 2.32 bits per heavy atom. The molecular formula is C33H51N3O8. The number of ether oxygens (including phenoxy) is 4. The molecule has 246 valence electrons. The highest BCUT2D eigenvalue weighted by atomic mass is 16.6. The number of ketones is 1. The molecule has 2 unspecified atom stereocenters. The van der Waals surface area contributed by atoms with Crippen molar-refractivity contribution in [1.29, 1.82) is 0 Å². The van der Waals surface area contributed by atoms with E-state index in [1.54, 1.807) is 23.8 Å². The van der Waals surface area contributed by atoms with Crippen molar-refractivity contribution in [2.45, 2.75) is 135 Å². The van der Waals surface area contributed by atoms with Crippen LogP contribution in [0.5, 0.6) is 0 Å². The molecule has 11 heteroatoms. The Kier molecular flexibility index (Phi) is 8.98. The maximum absolute atomic E-state index is 13.5. The molecule has 2 bridgehead atoms. The second-order valence-corrected chi connectivity index (χ2v) is 14.9. The number of nitrogens with one attached hydrogen (secondary N) is 1. The summed E-state index contributed by atoms with van der Waals surface area (Å²) in [6, 6.07) is -0.978. The van der Waals surface area contributed by atoms with E-state index in [4.69, 9.17) is 18.9 Å². The lowest BCUT2D eigenvalue weighted by atomic mass is 9.68. The largest absolute Gasteiger partial charge is 0.443 e. The van der Waals surface area contributed by atoms with Crippen molar-refractivity contribution in [2.24, 2.45) is 11.3 Å². The number of allylic oxidation sites excluding steroid dienone is 1. The Hall–Kier alpha value is -2.50. The fourth-order valence-corrected chi connectivity index (χ4v) is 7.65. The number of epoxide rings is 2. The smallest absolute Gasteiger partial charge is 0.410 e. The van der Waals surface area contributed by atoms with Crippen molar-refractivity contribution in [3.8, 4) is 0 Å². The van der Waals surface area contributed by atoms with Gasteiger partial charge in [0.1, 0.15) is 35.2 Å². The van der Waals surface area contributed by atoms with Crippen LogP contribution in [0.15, 0.2) is 11.6 Å². The van der Waals surface area contributed by atoms with Crippen molar-refractivity contribution < 1.29 is 38.1 Å². The van der Waals surface area contributed by atoms with Gasteiger partial charge in [0.25, 0.3) is 0 Å². The third kappa shape index (κ3) is 6.42. The number of likely N-dealkylation sites (tertiary alicyclic amines) is 2. The van der Waals surface area contributed by atoms with Gasteiger partial charge in [0, 0.05) is 38.5 Å². The topological polar surface area (TPSA) is 130 Å². The van der Waals surface area contributed by atoms with Crippen molar-refractivity contribution in [3.05, 3.63) is 11.6 Å². The Labute approximate surface area is 261 Å². The summed E-state index contributed by atoms with van der Waals surface area (Å²) in [6.07, 6.45) is 4.26. The number of rotatable bonds is 10. The molecule has 1 aliphatic carbocycles. The second kappa shape index (κ2) is 12.0. The highest BCUT2D eigenvalue weighted by molar-refractivity contribution is 5.91. The van der Waals surface area contributed by atoms with E-state index in [1.165, 1.54) is 5.57 Å². The van der Waals surface area contributed by atoms with Crippen LogP contribution in [0.1, 0.15) is 87.0 Å². The molecule has 44 heavy (non-hydrogen) atoms. The minimum atomic E-state index is -0.711. The molecule has 0 radical (unpaired) electrons. The zero-order chi connectivity index (χ0) is 32.2. The molecule has 0 aromatic heterocycles. The predicted molar refractivity (Wildman–Crippen MR) is 162 cm³/mol. The molecule has 11 nitrogen and oxygen atoms in total. The zero-order valence-corrected chi connectivity index (χ0v) is 27.6. The van der Waals surface area contributed by atoms with Gasteiger partial charge < -0.3 is 34.1 Å². The number of fused-ring (bicyclic) bond motifs is 2. The summed E-state index contributed by atoms with van der Waals surface area (Å²) >= 11 is 0. The summed E-state index contributed by atoms with van der Waals surface area (Å²) in [7, 11) is 1.67. The molecule has 1 N–H and O–H groups in total. The number of piperazine rings is 1. The Balaban J connectivity index is 1.14. The van der Waals surface area contributed by atoms with Crippen LogP contribution in [-0.4, -0.2) is 108 Å². The molecule has 0 aromatic carbocycles. The lowest BCUT2D eigenvalue weighted by Gasteiger charge is -2.43. The molecule has 4 aliphatic heterocycles. The summed E-state index contributed by atoms with van der Waals surface area (Å²) in [5, 5.41) is 2.75. The molecule has 5 aliphatic rings. The van der Waals surface area contributed by atoms with Crippen molar-refractivity contribution >= 4 is 23.7 Å². The summed E-state index contributed by atoms with van der Waals surface area (Å²) in [6.45, 7) is 14.9. The molecule has 1 spiro atoms. The van der Waals surface area contributed by atoms with E-state index in [0.29, 0.717) is 32.5 Å². The number of hydrogen-bond acceptors (Lipinski definition) is 8. The van der Waals surface area contributed by atoms with Gasteiger partial charge in [0.05, 0.1) is 30.7 Å². The summed E-state index contributed by atoms with van der Waals surface area (Å²) in [5.41, 5.74) is 0.0526. The molecule has 9 atom stereocenters. The standard InChI is InChI=1S/C33H51N3O8/c1-19(2)9-11-25-32(7,44-25)28-27(41-8)23(13-14-33(28)18-42-33)43-30(40)36-17-21-15-22(36)16-35(21)29(39)20(3)34-26(38)12-10-24(37)31(4,5)6/h9,20-23,25,27-28H,10-18H2,1-8H3,(H,34,38)/t20-,21?,22?,23+,25+,27+,28+,32-,33-/m0/s1. The summed E-state index contributed by atoms with van der Waals surface area (Å²) in [4.78, 5) is 54.8. The van der Waals surface area contributed by atoms with Crippen LogP contribution in [0.25, 0.3) is 0 Å². The first-order valence-electron chi connectivity index (χ1n) is 16.2. The van der Waals surface area contributed by atoms with E-state index < -0.39 is 23.2 Å². The molecule has 5 fully saturated rings. The lowest BCUT2D eigenvalue weighted by molar-refractivity contribution is -0.138. The van der Waals surface area contributed by atoms with Crippen LogP contribution in [-0.2, 0) is 33.3 Å². The first-order chi connectivity index (χ1) is 20.6. The van der Waals surface area contributed by atoms with E-state index in [1.807, 2.05) is 20.8 Å². The fraction of sp³-hybridized carbons (Fsp3) is 0.818. The number of amides is 3. The maximum Gasteiger partial charge on any atom is 0.410 e. The van der Waals surface area contributed by atoms with Gasteiger partial charge in [-0.2, -0.15) is 0 Å². The van der Waals surface area contributed by atoms with Crippen molar-refractivity contribution in [3.63, 3.8) is 0 Å². The average Bonchev–Trinajstić information content (AvgIpc) is 3.76.